The smallest absolute Gasteiger partial charge is 0.239 e. The van der Waals surface area contributed by atoms with Gasteiger partial charge in [0.15, 0.2) is 16.8 Å². The molecule has 0 fully saturated rings. The van der Waals surface area contributed by atoms with Gasteiger partial charge < -0.3 is 10.2 Å². The van der Waals surface area contributed by atoms with Gasteiger partial charge in [0, 0.05) is 24.0 Å². The standard InChI is InChI=1S/C17H19F2N3OS3/c1-4-22(5-2)17(24)26-10(3)15(23)21-16-20-14(9-25-16)11-6-7-12(18)13(19)8-11/h6-10H,4-5H2,1-3H3,(H,20,21,23). The number of carbonyl (C=O) groups excluding carboxylic acids is 1. The second kappa shape index (κ2) is 9.38. The fraction of sp³-hybridized carbons (Fsp3) is 0.353. The maximum Gasteiger partial charge on any atom is 0.239 e. The van der Waals surface area contributed by atoms with Crippen LogP contribution in [0.3, 0.4) is 0 Å². The highest BCUT2D eigenvalue weighted by atomic mass is 32.2. The molecule has 0 bridgehead atoms. The molecule has 0 aliphatic carbocycles. The van der Waals surface area contributed by atoms with E-state index in [9.17, 15) is 13.6 Å². The van der Waals surface area contributed by atoms with E-state index in [0.29, 0.717) is 20.7 Å². The number of thioether (sulfide) groups is 1. The molecular formula is C17H19F2N3OS3. The van der Waals surface area contributed by atoms with Gasteiger partial charge >= 0.3 is 0 Å². The molecule has 0 radical (unpaired) electrons. The third-order valence-electron chi connectivity index (χ3n) is 3.62. The van der Waals surface area contributed by atoms with Gasteiger partial charge in [-0.3, -0.25) is 4.79 Å². The number of thiazole rings is 1. The van der Waals surface area contributed by atoms with Crippen LogP contribution in [0.5, 0.6) is 0 Å². The first-order valence-corrected chi connectivity index (χ1v) is 10.2. The van der Waals surface area contributed by atoms with E-state index in [2.05, 4.69) is 10.3 Å². The first-order chi connectivity index (χ1) is 12.3. The number of halogens is 2. The van der Waals surface area contributed by atoms with Crippen LogP contribution in [0.15, 0.2) is 23.6 Å². The zero-order chi connectivity index (χ0) is 19.3. The van der Waals surface area contributed by atoms with Crippen LogP contribution in [0.1, 0.15) is 20.8 Å². The van der Waals surface area contributed by atoms with Crippen molar-refractivity contribution in [2.45, 2.75) is 26.0 Å². The largest absolute Gasteiger partial charge is 0.358 e. The van der Waals surface area contributed by atoms with Gasteiger partial charge in [-0.2, -0.15) is 0 Å². The summed E-state index contributed by atoms with van der Waals surface area (Å²) in [6.45, 7) is 7.38. The molecule has 4 nitrogen and oxygen atoms in total. The van der Waals surface area contributed by atoms with Crippen molar-refractivity contribution < 1.29 is 13.6 Å². The van der Waals surface area contributed by atoms with Gasteiger partial charge in [-0.15, -0.1) is 11.3 Å². The number of nitrogens with one attached hydrogen (secondary N) is 1. The minimum atomic E-state index is -0.934. The van der Waals surface area contributed by atoms with Gasteiger partial charge in [0.25, 0.3) is 0 Å². The number of hydrogen-bond acceptors (Lipinski definition) is 5. The van der Waals surface area contributed by atoms with E-state index in [1.807, 2.05) is 18.7 Å². The van der Waals surface area contributed by atoms with Crippen LogP contribution in [0.2, 0.25) is 0 Å². The molecule has 0 saturated heterocycles. The molecule has 0 aliphatic heterocycles. The summed E-state index contributed by atoms with van der Waals surface area (Å²) < 4.78 is 27.1. The van der Waals surface area contributed by atoms with Crippen molar-refractivity contribution in [3.05, 3.63) is 35.2 Å². The molecule has 1 atom stereocenters. The van der Waals surface area contributed by atoms with E-state index < -0.39 is 11.6 Å². The molecule has 140 valence electrons. The van der Waals surface area contributed by atoms with Gasteiger partial charge in [-0.1, -0.05) is 24.0 Å². The average molecular weight is 416 g/mol. The molecule has 1 aromatic carbocycles. The molecule has 1 unspecified atom stereocenters. The van der Waals surface area contributed by atoms with E-state index in [1.165, 1.54) is 29.2 Å². The molecule has 0 spiro atoms. The molecule has 2 rings (SSSR count). The maximum atomic E-state index is 13.3. The highest BCUT2D eigenvalue weighted by molar-refractivity contribution is 8.23. The Morgan fingerprint density at radius 2 is 2.04 bits per heavy atom. The monoisotopic (exact) mass is 415 g/mol. The number of thiocarbonyl (C=S) groups is 1. The van der Waals surface area contributed by atoms with Gasteiger partial charge in [0.1, 0.15) is 4.32 Å². The minimum absolute atomic E-state index is 0.212. The number of nitrogens with zero attached hydrogens (tertiary/aromatic N) is 2. The number of anilines is 1. The number of aromatic nitrogens is 1. The zero-order valence-corrected chi connectivity index (χ0v) is 17.0. The summed E-state index contributed by atoms with van der Waals surface area (Å²) >= 11 is 7.90. The van der Waals surface area contributed by atoms with Crippen molar-refractivity contribution in [3.8, 4) is 11.3 Å². The summed E-state index contributed by atoms with van der Waals surface area (Å²) in [6.07, 6.45) is 0. The van der Waals surface area contributed by atoms with E-state index in [-0.39, 0.29) is 11.2 Å². The average Bonchev–Trinajstić information content (AvgIpc) is 3.06. The highest BCUT2D eigenvalue weighted by Crippen LogP contribution is 2.27. The summed E-state index contributed by atoms with van der Waals surface area (Å²) in [5, 5.41) is 4.44. The van der Waals surface area contributed by atoms with Gasteiger partial charge in [-0.05, 0) is 39.0 Å². The summed E-state index contributed by atoms with van der Waals surface area (Å²) in [7, 11) is 0. The number of rotatable bonds is 6. The van der Waals surface area contributed by atoms with E-state index in [0.717, 1.165) is 25.2 Å². The Balaban J connectivity index is 2.00. The van der Waals surface area contributed by atoms with Gasteiger partial charge in [0.05, 0.1) is 10.9 Å². The molecule has 2 aromatic rings. The molecule has 0 aliphatic rings. The van der Waals surface area contributed by atoms with Crippen molar-refractivity contribution in [3.63, 3.8) is 0 Å². The molecule has 1 heterocycles. The lowest BCUT2D eigenvalue weighted by Crippen LogP contribution is -2.31. The predicted octanol–water partition coefficient (Wildman–Crippen LogP) is 4.78. The van der Waals surface area contributed by atoms with Crippen molar-refractivity contribution in [2.24, 2.45) is 0 Å². The van der Waals surface area contributed by atoms with Crippen LogP contribution in [0.4, 0.5) is 13.9 Å². The molecular weight excluding hydrogens is 396 g/mol. The minimum Gasteiger partial charge on any atom is -0.358 e. The van der Waals surface area contributed by atoms with Gasteiger partial charge in [-0.25, -0.2) is 13.8 Å². The van der Waals surface area contributed by atoms with Crippen LogP contribution in [-0.4, -0.2) is 38.5 Å². The lowest BCUT2D eigenvalue weighted by Gasteiger charge is -2.22. The number of hydrogen-bond donors (Lipinski definition) is 1. The zero-order valence-electron chi connectivity index (χ0n) is 14.6. The summed E-state index contributed by atoms with van der Waals surface area (Å²) in [5.74, 6) is -2.06. The van der Waals surface area contributed by atoms with Crippen LogP contribution in [0.25, 0.3) is 11.3 Å². The Kier molecular flexibility index (Phi) is 7.48. The molecule has 1 N–H and O–H groups in total. The Hall–Kier alpha value is -1.58. The quantitative estimate of drug-likeness (QED) is 0.688. The Labute approximate surface area is 165 Å². The van der Waals surface area contributed by atoms with E-state index in [4.69, 9.17) is 12.2 Å². The summed E-state index contributed by atoms with van der Waals surface area (Å²) in [4.78, 5) is 18.6. The van der Waals surface area contributed by atoms with Crippen LogP contribution < -0.4 is 5.32 Å². The van der Waals surface area contributed by atoms with Crippen LogP contribution in [0, 0.1) is 11.6 Å². The van der Waals surface area contributed by atoms with E-state index in [1.54, 1.807) is 12.3 Å². The Bertz CT molecular complexity index is 793. The highest BCUT2D eigenvalue weighted by Gasteiger charge is 2.19. The first-order valence-electron chi connectivity index (χ1n) is 8.03. The topological polar surface area (TPSA) is 45.2 Å². The normalized spacial score (nSPS) is 11.9. The number of benzene rings is 1. The second-order valence-corrected chi connectivity index (χ2v) is 8.19. The molecule has 26 heavy (non-hydrogen) atoms. The van der Waals surface area contributed by atoms with Crippen molar-refractivity contribution in [2.75, 3.05) is 18.4 Å². The fourth-order valence-corrected chi connectivity index (χ4v) is 4.38. The second-order valence-electron chi connectivity index (χ2n) is 5.35. The van der Waals surface area contributed by atoms with Crippen molar-refractivity contribution >= 4 is 50.7 Å². The maximum absolute atomic E-state index is 13.3. The van der Waals surface area contributed by atoms with Crippen LogP contribution in [-0.2, 0) is 4.79 Å². The third kappa shape index (κ3) is 5.21. The van der Waals surface area contributed by atoms with E-state index >= 15 is 0 Å². The number of amides is 1. The van der Waals surface area contributed by atoms with Crippen molar-refractivity contribution in [1.29, 1.82) is 0 Å². The molecule has 1 amide bonds. The first kappa shape index (κ1) is 20.7. The summed E-state index contributed by atoms with van der Waals surface area (Å²) in [5.41, 5.74) is 0.925. The SMILES string of the molecule is CCN(CC)C(=S)SC(C)C(=O)Nc1nc(-c2ccc(F)c(F)c2)cs1. The Morgan fingerprint density at radius 1 is 1.35 bits per heavy atom. The molecule has 9 heteroatoms. The lowest BCUT2D eigenvalue weighted by molar-refractivity contribution is -0.115. The number of carbonyl (C=O) groups is 1. The van der Waals surface area contributed by atoms with Crippen molar-refractivity contribution in [1.82, 2.24) is 9.88 Å². The predicted molar refractivity (Wildman–Crippen MR) is 109 cm³/mol. The fourth-order valence-electron chi connectivity index (χ4n) is 2.09. The molecule has 0 saturated carbocycles. The third-order valence-corrected chi connectivity index (χ3v) is 5.95. The summed E-state index contributed by atoms with van der Waals surface area (Å²) in [6, 6.07) is 3.58. The van der Waals surface area contributed by atoms with Gasteiger partial charge in [0.2, 0.25) is 5.91 Å². The molecule has 1 aromatic heterocycles. The Morgan fingerprint density at radius 3 is 2.65 bits per heavy atom. The lowest BCUT2D eigenvalue weighted by atomic mass is 10.2. The van der Waals surface area contributed by atoms with Crippen LogP contribution >= 0.6 is 35.3 Å².